The Hall–Kier alpha value is -2.21. The van der Waals surface area contributed by atoms with Gasteiger partial charge >= 0.3 is 0 Å². The first-order valence-electron chi connectivity index (χ1n) is 9.42. The molecule has 1 saturated heterocycles. The van der Waals surface area contributed by atoms with Crippen LogP contribution >= 0.6 is 11.6 Å². The number of carbonyl (C=O) groups excluding carboxylic acids is 2. The first kappa shape index (κ1) is 19.5. The molecule has 0 aromatic heterocycles. The van der Waals surface area contributed by atoms with Crippen molar-refractivity contribution in [1.82, 2.24) is 10.2 Å². The highest BCUT2D eigenvalue weighted by Crippen LogP contribution is 2.38. The number of halogens is 1. The lowest BCUT2D eigenvalue weighted by Gasteiger charge is -2.30. The summed E-state index contributed by atoms with van der Waals surface area (Å²) in [4.78, 5) is 26.3. The minimum Gasteiger partial charge on any atom is -0.486 e. The molecule has 1 N–H and O–H groups in total. The molecule has 3 rings (SSSR count). The van der Waals surface area contributed by atoms with Gasteiger partial charge in [0.05, 0.1) is 5.02 Å². The van der Waals surface area contributed by atoms with Gasteiger partial charge in [0, 0.05) is 31.6 Å². The minimum atomic E-state index is -0.0616. The molecular weight excluding hydrogens is 368 g/mol. The first-order chi connectivity index (χ1) is 13.1. The summed E-state index contributed by atoms with van der Waals surface area (Å²) < 4.78 is 11.0. The van der Waals surface area contributed by atoms with Gasteiger partial charge in [0.1, 0.15) is 13.2 Å². The zero-order chi connectivity index (χ0) is 19.2. The van der Waals surface area contributed by atoms with Gasteiger partial charge in [0.25, 0.3) is 0 Å². The molecule has 6 nitrogen and oxygen atoms in total. The summed E-state index contributed by atoms with van der Waals surface area (Å²) in [5.74, 6) is 1.19. The Bertz CT molecular complexity index is 727. The summed E-state index contributed by atoms with van der Waals surface area (Å²) in [5.41, 5.74) is 0.784. The number of piperidine rings is 1. The Balaban J connectivity index is 1.55. The highest BCUT2D eigenvalue weighted by molar-refractivity contribution is 6.32. The molecule has 0 aliphatic carbocycles. The van der Waals surface area contributed by atoms with Gasteiger partial charge in [-0.1, -0.05) is 18.5 Å². The summed E-state index contributed by atoms with van der Waals surface area (Å²) in [6, 6.07) is 3.57. The van der Waals surface area contributed by atoms with Crippen molar-refractivity contribution in [3.05, 3.63) is 28.8 Å². The highest BCUT2D eigenvalue weighted by atomic mass is 35.5. The lowest BCUT2D eigenvalue weighted by Crippen LogP contribution is -2.42. The van der Waals surface area contributed by atoms with Crippen LogP contribution < -0.4 is 14.8 Å². The van der Waals surface area contributed by atoms with Gasteiger partial charge in [-0.2, -0.15) is 0 Å². The van der Waals surface area contributed by atoms with Crippen molar-refractivity contribution < 1.29 is 19.1 Å². The van der Waals surface area contributed by atoms with Crippen LogP contribution in [0.25, 0.3) is 6.08 Å². The summed E-state index contributed by atoms with van der Waals surface area (Å²) in [7, 11) is 0. The largest absolute Gasteiger partial charge is 0.486 e. The Morgan fingerprint density at radius 2 is 2.00 bits per heavy atom. The number of ether oxygens (including phenoxy) is 2. The minimum absolute atomic E-state index is 0.00109. The van der Waals surface area contributed by atoms with Crippen LogP contribution in [0.2, 0.25) is 5.02 Å². The van der Waals surface area contributed by atoms with Crippen molar-refractivity contribution in [2.24, 2.45) is 5.92 Å². The molecule has 0 unspecified atom stereocenters. The van der Waals surface area contributed by atoms with E-state index in [1.807, 2.05) is 13.0 Å². The lowest BCUT2D eigenvalue weighted by atomic mass is 9.96. The van der Waals surface area contributed by atoms with Crippen LogP contribution in [0.1, 0.15) is 31.7 Å². The van der Waals surface area contributed by atoms with Crippen LogP contribution in [-0.4, -0.2) is 49.6 Å². The summed E-state index contributed by atoms with van der Waals surface area (Å²) >= 11 is 6.22. The monoisotopic (exact) mass is 392 g/mol. The van der Waals surface area contributed by atoms with Gasteiger partial charge in [-0.05, 0) is 43.0 Å². The van der Waals surface area contributed by atoms with Crippen molar-refractivity contribution >= 4 is 29.5 Å². The van der Waals surface area contributed by atoms with Crippen molar-refractivity contribution in [3.8, 4) is 11.5 Å². The average molecular weight is 393 g/mol. The third-order valence-corrected chi connectivity index (χ3v) is 5.04. The fourth-order valence-corrected chi connectivity index (χ4v) is 3.53. The van der Waals surface area contributed by atoms with E-state index in [0.29, 0.717) is 62.2 Å². The molecule has 1 aromatic rings. The second kappa shape index (κ2) is 9.13. The number of rotatable bonds is 5. The van der Waals surface area contributed by atoms with E-state index in [1.165, 1.54) is 0 Å². The molecule has 7 heteroatoms. The number of likely N-dealkylation sites (tertiary alicyclic amines) is 1. The van der Waals surface area contributed by atoms with Crippen molar-refractivity contribution in [2.75, 3.05) is 32.8 Å². The maximum Gasteiger partial charge on any atom is 0.246 e. The van der Waals surface area contributed by atoms with E-state index in [-0.39, 0.29) is 17.7 Å². The molecule has 1 aromatic carbocycles. The second-order valence-corrected chi connectivity index (χ2v) is 7.16. The number of hydrogen-bond donors (Lipinski definition) is 1. The normalized spacial score (nSPS) is 17.2. The molecule has 146 valence electrons. The van der Waals surface area contributed by atoms with Crippen LogP contribution in [0.15, 0.2) is 18.2 Å². The molecule has 2 heterocycles. The van der Waals surface area contributed by atoms with Crippen LogP contribution in [-0.2, 0) is 9.59 Å². The number of benzene rings is 1. The van der Waals surface area contributed by atoms with Gasteiger partial charge in [0.15, 0.2) is 11.5 Å². The number of nitrogens with one attached hydrogen (secondary N) is 1. The second-order valence-electron chi connectivity index (χ2n) is 6.75. The van der Waals surface area contributed by atoms with E-state index in [2.05, 4.69) is 5.32 Å². The predicted octanol–water partition coefficient (Wildman–Crippen LogP) is 2.89. The van der Waals surface area contributed by atoms with E-state index < -0.39 is 0 Å². The quantitative estimate of drug-likeness (QED) is 0.782. The third-order valence-electron chi connectivity index (χ3n) is 4.76. The van der Waals surface area contributed by atoms with E-state index in [9.17, 15) is 9.59 Å². The zero-order valence-electron chi connectivity index (χ0n) is 15.5. The van der Waals surface area contributed by atoms with Crippen molar-refractivity contribution in [2.45, 2.75) is 26.2 Å². The van der Waals surface area contributed by atoms with Crippen LogP contribution in [0.4, 0.5) is 0 Å². The topological polar surface area (TPSA) is 67.9 Å². The predicted molar refractivity (Wildman–Crippen MR) is 104 cm³/mol. The van der Waals surface area contributed by atoms with Gasteiger partial charge in [0.2, 0.25) is 11.8 Å². The summed E-state index contributed by atoms with van der Waals surface area (Å²) in [6.07, 6.45) is 5.60. The average Bonchev–Trinajstić information content (AvgIpc) is 2.70. The third kappa shape index (κ3) is 4.95. The highest BCUT2D eigenvalue weighted by Gasteiger charge is 2.26. The van der Waals surface area contributed by atoms with Gasteiger partial charge in [-0.25, -0.2) is 0 Å². The van der Waals surface area contributed by atoms with Crippen LogP contribution in [0.3, 0.4) is 0 Å². The van der Waals surface area contributed by atoms with Gasteiger partial charge in [-0.15, -0.1) is 0 Å². The van der Waals surface area contributed by atoms with Crippen molar-refractivity contribution in [1.29, 1.82) is 0 Å². The number of fused-ring (bicyclic) bond motifs is 1. The van der Waals surface area contributed by atoms with Gasteiger partial charge < -0.3 is 19.7 Å². The van der Waals surface area contributed by atoms with E-state index in [0.717, 1.165) is 12.0 Å². The fraction of sp³-hybridized carbons (Fsp3) is 0.500. The molecule has 2 aliphatic heterocycles. The summed E-state index contributed by atoms with van der Waals surface area (Å²) in [6.45, 7) is 4.88. The fourth-order valence-electron chi connectivity index (χ4n) is 3.25. The molecule has 0 bridgehead atoms. The zero-order valence-corrected chi connectivity index (χ0v) is 16.3. The number of hydrogen-bond acceptors (Lipinski definition) is 4. The Morgan fingerprint density at radius 1 is 1.26 bits per heavy atom. The molecule has 0 saturated carbocycles. The van der Waals surface area contributed by atoms with Crippen molar-refractivity contribution in [3.63, 3.8) is 0 Å². The number of nitrogens with zero attached hydrogens (tertiary/aromatic N) is 1. The molecule has 27 heavy (non-hydrogen) atoms. The molecule has 0 spiro atoms. The number of carbonyl (C=O) groups is 2. The molecule has 0 radical (unpaired) electrons. The van der Waals surface area contributed by atoms with Gasteiger partial charge in [-0.3, -0.25) is 9.59 Å². The molecular formula is C20H25ClN2O4. The van der Waals surface area contributed by atoms with Crippen LogP contribution in [0.5, 0.6) is 11.5 Å². The Morgan fingerprint density at radius 3 is 2.74 bits per heavy atom. The lowest BCUT2D eigenvalue weighted by molar-refractivity contribution is -0.132. The molecule has 2 amide bonds. The number of amides is 2. The first-order valence-corrected chi connectivity index (χ1v) is 9.80. The SMILES string of the molecule is CCCNC(=O)C1CCN(C(=O)/C=C/c2cc(Cl)c3c(c2)OCCO3)CC1. The standard InChI is InChI=1S/C20H25ClN2O4/c1-2-7-22-20(25)15-5-8-23(9-6-15)18(24)4-3-14-12-16(21)19-17(13-14)26-10-11-27-19/h3-4,12-13,15H,2,5-11H2,1H3,(H,22,25)/b4-3+. The summed E-state index contributed by atoms with van der Waals surface area (Å²) in [5, 5.41) is 3.40. The smallest absolute Gasteiger partial charge is 0.246 e. The Kier molecular flexibility index (Phi) is 6.61. The van der Waals surface area contributed by atoms with Crippen LogP contribution in [0, 0.1) is 5.92 Å². The maximum absolute atomic E-state index is 12.4. The molecule has 2 aliphatic rings. The maximum atomic E-state index is 12.4. The molecule has 0 atom stereocenters. The van der Waals surface area contributed by atoms with E-state index >= 15 is 0 Å². The Labute approximate surface area is 164 Å². The molecule has 1 fully saturated rings. The van der Waals surface area contributed by atoms with E-state index in [1.54, 1.807) is 23.1 Å². The van der Waals surface area contributed by atoms with E-state index in [4.69, 9.17) is 21.1 Å².